The van der Waals surface area contributed by atoms with E-state index in [0.29, 0.717) is 0 Å². The summed E-state index contributed by atoms with van der Waals surface area (Å²) < 4.78 is 1.75. The molecule has 168 valence electrons. The second-order valence-electron chi connectivity index (χ2n) is 7.07. The van der Waals surface area contributed by atoms with Crippen LogP contribution in [0, 0.1) is 0 Å². The third-order valence-corrected chi connectivity index (χ3v) is 6.79. The summed E-state index contributed by atoms with van der Waals surface area (Å²) >= 11 is 7.13. The van der Waals surface area contributed by atoms with Crippen LogP contribution in [0.2, 0.25) is 0 Å². The maximum Gasteiger partial charge on any atom is 0.219 e. The van der Waals surface area contributed by atoms with Crippen LogP contribution < -0.4 is 0 Å². The van der Waals surface area contributed by atoms with Crippen LogP contribution in [-0.2, 0) is 17.6 Å². The number of piperidine rings is 1. The standard InChI is InChI=1S/C21H20Br2N2O2.2C2H6/c1-12(26)25-8-6-13(7-9-25)19-16-4-5-18(27)20(23)17(16)3-2-14-10-15(22)11-24-21(14)19;2*1-2/h4-5,10-11,27H,2-3,6-9H2,1H3;2*1-2H3. The minimum absolute atomic E-state index is 0.135. The molecule has 1 aliphatic carbocycles. The second-order valence-corrected chi connectivity index (χ2v) is 8.78. The number of benzene rings is 1. The summed E-state index contributed by atoms with van der Waals surface area (Å²) in [5, 5.41) is 10.2. The number of hydrogen-bond donors (Lipinski definition) is 1. The third-order valence-electron chi connectivity index (χ3n) is 5.47. The number of phenolic OH excluding ortho intramolecular Hbond substituents is 1. The first-order chi connectivity index (χ1) is 15.0. The number of phenols is 1. The van der Waals surface area contributed by atoms with Crippen molar-refractivity contribution in [2.24, 2.45) is 0 Å². The van der Waals surface area contributed by atoms with E-state index in [1.54, 1.807) is 13.0 Å². The van der Waals surface area contributed by atoms with Crippen LogP contribution >= 0.6 is 31.9 Å². The summed E-state index contributed by atoms with van der Waals surface area (Å²) in [6.07, 6.45) is 5.26. The molecule has 1 aromatic heterocycles. The average Bonchev–Trinajstić information content (AvgIpc) is 2.96. The van der Waals surface area contributed by atoms with Crippen molar-refractivity contribution in [3.63, 3.8) is 0 Å². The Labute approximate surface area is 203 Å². The molecular weight excluding hydrogens is 520 g/mol. The lowest BCUT2D eigenvalue weighted by molar-refractivity contribution is -0.129. The van der Waals surface area contributed by atoms with Crippen molar-refractivity contribution >= 4 is 43.3 Å². The number of likely N-dealkylation sites (tertiary alicyclic amines) is 1. The first-order valence-electron chi connectivity index (χ1n) is 11.1. The van der Waals surface area contributed by atoms with Gasteiger partial charge in [0.1, 0.15) is 5.75 Å². The van der Waals surface area contributed by atoms with E-state index in [1.165, 1.54) is 16.7 Å². The molecule has 6 heteroatoms. The molecule has 1 aliphatic heterocycles. The van der Waals surface area contributed by atoms with Gasteiger partial charge in [-0.1, -0.05) is 39.3 Å². The molecule has 1 saturated heterocycles. The highest BCUT2D eigenvalue weighted by molar-refractivity contribution is 9.10. The molecule has 1 N–H and O–H groups in total. The van der Waals surface area contributed by atoms with Crippen molar-refractivity contribution in [2.45, 2.75) is 60.3 Å². The number of hydrogen-bond acceptors (Lipinski definition) is 3. The van der Waals surface area contributed by atoms with E-state index < -0.39 is 0 Å². The Morgan fingerprint density at radius 1 is 1.03 bits per heavy atom. The Morgan fingerprint density at radius 2 is 1.68 bits per heavy atom. The maximum absolute atomic E-state index is 11.7. The number of fused-ring (bicyclic) bond motifs is 2. The normalized spacial score (nSPS) is 14.9. The number of amides is 1. The van der Waals surface area contributed by atoms with Crippen LogP contribution in [0.15, 0.2) is 38.9 Å². The van der Waals surface area contributed by atoms with Crippen LogP contribution in [0.3, 0.4) is 0 Å². The van der Waals surface area contributed by atoms with Crippen LogP contribution in [0.25, 0.3) is 5.57 Å². The molecule has 31 heavy (non-hydrogen) atoms. The van der Waals surface area contributed by atoms with Gasteiger partial charge in [-0.05, 0) is 86.4 Å². The fourth-order valence-corrected chi connectivity index (χ4v) is 4.99. The lowest BCUT2D eigenvalue weighted by Gasteiger charge is -2.29. The Morgan fingerprint density at radius 3 is 2.29 bits per heavy atom. The van der Waals surface area contributed by atoms with Gasteiger partial charge in [0.2, 0.25) is 5.91 Å². The smallest absolute Gasteiger partial charge is 0.219 e. The van der Waals surface area contributed by atoms with Crippen molar-refractivity contribution in [1.29, 1.82) is 0 Å². The molecule has 2 heterocycles. The van der Waals surface area contributed by atoms with Gasteiger partial charge >= 0.3 is 0 Å². The Balaban J connectivity index is 0.000000807. The minimum Gasteiger partial charge on any atom is -0.507 e. The van der Waals surface area contributed by atoms with Gasteiger partial charge in [-0.25, -0.2) is 0 Å². The molecule has 0 unspecified atom stereocenters. The van der Waals surface area contributed by atoms with Gasteiger partial charge in [-0.15, -0.1) is 0 Å². The second kappa shape index (κ2) is 11.8. The molecular formula is C25H32Br2N2O2. The topological polar surface area (TPSA) is 53.4 Å². The predicted molar refractivity (Wildman–Crippen MR) is 135 cm³/mol. The number of pyridine rings is 1. The van der Waals surface area contributed by atoms with Gasteiger partial charge in [0.05, 0.1) is 10.2 Å². The summed E-state index contributed by atoms with van der Waals surface area (Å²) in [4.78, 5) is 18.4. The highest BCUT2D eigenvalue weighted by Gasteiger charge is 2.27. The third kappa shape index (κ3) is 5.58. The van der Waals surface area contributed by atoms with E-state index in [4.69, 9.17) is 4.98 Å². The Kier molecular flexibility index (Phi) is 9.76. The lowest BCUT2D eigenvalue weighted by Crippen LogP contribution is -2.34. The zero-order valence-electron chi connectivity index (χ0n) is 19.1. The van der Waals surface area contributed by atoms with Crippen LogP contribution in [0.5, 0.6) is 5.75 Å². The Bertz CT molecular complexity index is 960. The Hall–Kier alpha value is -1.66. The number of aromatic hydroxyl groups is 1. The van der Waals surface area contributed by atoms with E-state index in [2.05, 4.69) is 37.9 Å². The van der Waals surface area contributed by atoms with Gasteiger partial charge in [0.25, 0.3) is 0 Å². The molecule has 1 aromatic carbocycles. The number of aryl methyl sites for hydroxylation is 1. The largest absolute Gasteiger partial charge is 0.507 e. The van der Waals surface area contributed by atoms with Crippen molar-refractivity contribution < 1.29 is 9.90 Å². The summed E-state index contributed by atoms with van der Waals surface area (Å²) in [5.74, 6) is 0.403. The van der Waals surface area contributed by atoms with Crippen molar-refractivity contribution in [2.75, 3.05) is 13.1 Å². The molecule has 0 saturated carbocycles. The molecule has 2 aliphatic rings. The number of nitrogens with zero attached hydrogens (tertiary/aromatic N) is 2. The van der Waals surface area contributed by atoms with Crippen LogP contribution in [0.4, 0.5) is 0 Å². The molecule has 0 radical (unpaired) electrons. The zero-order chi connectivity index (χ0) is 23.1. The van der Waals surface area contributed by atoms with E-state index in [-0.39, 0.29) is 11.7 Å². The van der Waals surface area contributed by atoms with Crippen molar-refractivity contribution in [1.82, 2.24) is 9.88 Å². The first-order valence-corrected chi connectivity index (χ1v) is 12.7. The summed E-state index contributed by atoms with van der Waals surface area (Å²) in [5.41, 5.74) is 7.02. The highest BCUT2D eigenvalue weighted by Crippen LogP contribution is 2.42. The predicted octanol–water partition coefficient (Wildman–Crippen LogP) is 6.91. The molecule has 0 atom stereocenters. The monoisotopic (exact) mass is 550 g/mol. The number of aromatic nitrogens is 1. The molecule has 2 aromatic rings. The average molecular weight is 552 g/mol. The molecule has 0 spiro atoms. The molecule has 0 bridgehead atoms. The van der Waals surface area contributed by atoms with E-state index in [0.717, 1.165) is 64.5 Å². The van der Waals surface area contributed by atoms with Crippen LogP contribution in [-0.4, -0.2) is 34.0 Å². The van der Waals surface area contributed by atoms with E-state index in [9.17, 15) is 9.90 Å². The highest BCUT2D eigenvalue weighted by atomic mass is 79.9. The molecule has 4 rings (SSSR count). The van der Waals surface area contributed by atoms with E-state index in [1.807, 2.05) is 44.9 Å². The van der Waals surface area contributed by atoms with Gasteiger partial charge < -0.3 is 10.0 Å². The maximum atomic E-state index is 11.7. The van der Waals surface area contributed by atoms with E-state index >= 15 is 0 Å². The number of carbonyl (C=O) groups excluding carboxylic acids is 1. The van der Waals surface area contributed by atoms with Gasteiger partial charge in [-0.2, -0.15) is 0 Å². The molecule has 1 fully saturated rings. The number of rotatable bonds is 0. The van der Waals surface area contributed by atoms with Gasteiger partial charge in [0.15, 0.2) is 0 Å². The van der Waals surface area contributed by atoms with Crippen molar-refractivity contribution in [3.8, 4) is 5.75 Å². The van der Waals surface area contributed by atoms with Gasteiger partial charge in [0, 0.05) is 36.3 Å². The molecule has 4 nitrogen and oxygen atoms in total. The van der Waals surface area contributed by atoms with Crippen molar-refractivity contribution in [3.05, 3.63) is 61.3 Å². The fourth-order valence-electron chi connectivity index (χ4n) is 4.07. The number of carbonyl (C=O) groups is 1. The minimum atomic E-state index is 0.135. The van der Waals surface area contributed by atoms with Gasteiger partial charge in [-0.3, -0.25) is 9.78 Å². The zero-order valence-corrected chi connectivity index (χ0v) is 22.2. The first kappa shape index (κ1) is 25.6. The number of halogens is 2. The summed E-state index contributed by atoms with van der Waals surface area (Å²) in [6.45, 7) is 11.1. The SMILES string of the molecule is CC.CC.CC(=O)N1CCC(=C2c3ccc(O)c(Br)c3CCc3cc(Br)cnc32)CC1. The quantitative estimate of drug-likeness (QED) is 0.387. The van der Waals surface area contributed by atoms with Crippen LogP contribution in [0.1, 0.15) is 69.8 Å². The summed E-state index contributed by atoms with van der Waals surface area (Å²) in [6, 6.07) is 5.90. The lowest BCUT2D eigenvalue weighted by atomic mass is 9.88. The summed E-state index contributed by atoms with van der Waals surface area (Å²) in [7, 11) is 0. The molecule has 1 amide bonds. The fraction of sp³-hybridized carbons (Fsp3) is 0.440.